The maximum atomic E-state index is 11.5. The van der Waals surface area contributed by atoms with E-state index in [2.05, 4.69) is 10.3 Å². The second kappa shape index (κ2) is 4.94. The first-order chi connectivity index (χ1) is 8.53. The van der Waals surface area contributed by atoms with E-state index in [4.69, 9.17) is 4.74 Å². The van der Waals surface area contributed by atoms with E-state index in [0.29, 0.717) is 31.7 Å². The fraction of sp³-hybridized carbons (Fsp3) is 0.538. The Labute approximate surface area is 106 Å². The number of nitrogens with zero attached hydrogens (tertiary/aromatic N) is 1. The van der Waals surface area contributed by atoms with Crippen molar-refractivity contribution in [2.24, 2.45) is 0 Å². The summed E-state index contributed by atoms with van der Waals surface area (Å²) in [5.41, 5.74) is 0.510. The number of rotatable bonds is 3. The first-order valence-electron chi connectivity index (χ1n) is 6.11. The molecule has 2 heterocycles. The Morgan fingerprint density at radius 3 is 2.61 bits per heavy atom. The van der Waals surface area contributed by atoms with E-state index in [-0.39, 0.29) is 0 Å². The van der Waals surface area contributed by atoms with Crippen LogP contribution in [0.2, 0.25) is 0 Å². The lowest BCUT2D eigenvalue weighted by atomic mass is 9.92. The third kappa shape index (κ3) is 2.46. The lowest BCUT2D eigenvalue weighted by molar-refractivity contribution is -0.157. The second-order valence-electron chi connectivity index (χ2n) is 4.69. The molecule has 2 rings (SSSR count). The standard InChI is InChI=1S/C13H18N2O3/c1-9-3-4-11(10(2)15-9)18-13(12(16)17)5-7-14-8-6-13/h3-4,14H,5-8H2,1-2H3,(H,16,17). The summed E-state index contributed by atoms with van der Waals surface area (Å²) < 4.78 is 5.79. The molecule has 0 amide bonds. The Hall–Kier alpha value is -1.62. The van der Waals surface area contributed by atoms with Gasteiger partial charge in [-0.05, 0) is 39.1 Å². The molecule has 0 atom stereocenters. The van der Waals surface area contributed by atoms with E-state index < -0.39 is 11.6 Å². The second-order valence-corrected chi connectivity index (χ2v) is 4.69. The van der Waals surface area contributed by atoms with Crippen molar-refractivity contribution in [3.05, 3.63) is 23.5 Å². The van der Waals surface area contributed by atoms with Crippen LogP contribution < -0.4 is 10.1 Å². The minimum atomic E-state index is -1.12. The van der Waals surface area contributed by atoms with Gasteiger partial charge in [0.25, 0.3) is 0 Å². The smallest absolute Gasteiger partial charge is 0.348 e. The zero-order chi connectivity index (χ0) is 13.2. The molecule has 0 unspecified atom stereocenters. The van der Waals surface area contributed by atoms with Crippen molar-refractivity contribution in [2.75, 3.05) is 13.1 Å². The van der Waals surface area contributed by atoms with Crippen molar-refractivity contribution in [2.45, 2.75) is 32.3 Å². The van der Waals surface area contributed by atoms with Gasteiger partial charge in [-0.3, -0.25) is 4.98 Å². The van der Waals surface area contributed by atoms with Crippen molar-refractivity contribution in [1.82, 2.24) is 10.3 Å². The molecule has 5 heteroatoms. The highest BCUT2D eigenvalue weighted by Gasteiger charge is 2.42. The molecule has 0 saturated carbocycles. The van der Waals surface area contributed by atoms with Gasteiger partial charge in [0.1, 0.15) is 5.75 Å². The largest absolute Gasteiger partial charge is 0.478 e. The molecule has 1 fully saturated rings. The predicted molar refractivity (Wildman–Crippen MR) is 66.8 cm³/mol. The van der Waals surface area contributed by atoms with E-state index in [9.17, 15) is 9.90 Å². The van der Waals surface area contributed by atoms with E-state index >= 15 is 0 Å². The summed E-state index contributed by atoms with van der Waals surface area (Å²) in [4.78, 5) is 15.8. The number of carbonyl (C=O) groups is 1. The molecule has 98 valence electrons. The molecule has 1 saturated heterocycles. The van der Waals surface area contributed by atoms with Crippen LogP contribution in [0.15, 0.2) is 12.1 Å². The first-order valence-corrected chi connectivity index (χ1v) is 6.11. The number of aromatic nitrogens is 1. The topological polar surface area (TPSA) is 71.5 Å². The average molecular weight is 250 g/mol. The van der Waals surface area contributed by atoms with Crippen LogP contribution in [0.3, 0.4) is 0 Å². The Balaban J connectivity index is 2.26. The Bertz CT molecular complexity index is 454. The van der Waals surface area contributed by atoms with Gasteiger partial charge in [-0.15, -0.1) is 0 Å². The summed E-state index contributed by atoms with van der Waals surface area (Å²) in [5, 5.41) is 12.6. The molecular formula is C13H18N2O3. The highest BCUT2D eigenvalue weighted by Crippen LogP contribution is 2.28. The van der Waals surface area contributed by atoms with Crippen molar-refractivity contribution in [1.29, 1.82) is 0 Å². The minimum absolute atomic E-state index is 0.468. The maximum Gasteiger partial charge on any atom is 0.348 e. The zero-order valence-corrected chi connectivity index (χ0v) is 10.7. The van der Waals surface area contributed by atoms with Crippen molar-refractivity contribution in [3.63, 3.8) is 0 Å². The highest BCUT2D eigenvalue weighted by atomic mass is 16.5. The summed E-state index contributed by atoms with van der Waals surface area (Å²) in [6.45, 7) is 5.04. The minimum Gasteiger partial charge on any atom is -0.478 e. The SMILES string of the molecule is Cc1ccc(OC2(C(=O)O)CCNCC2)c(C)n1. The maximum absolute atomic E-state index is 11.5. The van der Waals surface area contributed by atoms with Gasteiger partial charge in [-0.25, -0.2) is 4.79 Å². The summed E-state index contributed by atoms with van der Waals surface area (Å²) >= 11 is 0. The van der Waals surface area contributed by atoms with E-state index in [1.165, 1.54) is 0 Å². The summed E-state index contributed by atoms with van der Waals surface area (Å²) in [6.07, 6.45) is 0.936. The fourth-order valence-corrected chi connectivity index (χ4v) is 2.18. The Morgan fingerprint density at radius 1 is 1.39 bits per heavy atom. The zero-order valence-electron chi connectivity index (χ0n) is 10.7. The monoisotopic (exact) mass is 250 g/mol. The molecule has 1 aliphatic rings. The number of carboxylic acid groups (broad SMARTS) is 1. The molecule has 1 aliphatic heterocycles. The first kappa shape index (κ1) is 12.8. The summed E-state index contributed by atoms with van der Waals surface area (Å²) in [7, 11) is 0. The van der Waals surface area contributed by atoms with E-state index in [0.717, 1.165) is 11.4 Å². The van der Waals surface area contributed by atoms with Gasteiger partial charge in [0, 0.05) is 18.5 Å². The number of aryl methyl sites for hydroxylation is 2. The highest BCUT2D eigenvalue weighted by molar-refractivity contribution is 5.78. The molecule has 1 aromatic heterocycles. The van der Waals surface area contributed by atoms with Gasteiger partial charge in [0.05, 0.1) is 5.69 Å². The summed E-state index contributed by atoms with van der Waals surface area (Å²) in [6, 6.07) is 3.63. The third-order valence-corrected chi connectivity index (χ3v) is 3.28. The van der Waals surface area contributed by atoms with Gasteiger partial charge in [0.2, 0.25) is 5.60 Å². The number of nitrogens with one attached hydrogen (secondary N) is 1. The van der Waals surface area contributed by atoms with Crippen LogP contribution in [0.1, 0.15) is 24.2 Å². The number of carboxylic acids is 1. The van der Waals surface area contributed by atoms with Crippen LogP contribution in [0.5, 0.6) is 5.75 Å². The Kier molecular flexibility index (Phi) is 3.52. The predicted octanol–water partition coefficient (Wildman–Crippen LogP) is 1.28. The van der Waals surface area contributed by atoms with Crippen LogP contribution in [0.25, 0.3) is 0 Å². The van der Waals surface area contributed by atoms with Crippen molar-refractivity contribution < 1.29 is 14.6 Å². The number of piperidine rings is 1. The van der Waals surface area contributed by atoms with Gasteiger partial charge in [-0.2, -0.15) is 0 Å². The molecule has 18 heavy (non-hydrogen) atoms. The number of hydrogen-bond donors (Lipinski definition) is 2. The number of ether oxygens (including phenoxy) is 1. The van der Waals surface area contributed by atoms with Crippen molar-refractivity contribution >= 4 is 5.97 Å². The lowest BCUT2D eigenvalue weighted by Crippen LogP contribution is -2.52. The van der Waals surface area contributed by atoms with Crippen LogP contribution in [-0.2, 0) is 4.79 Å². The normalized spacial score (nSPS) is 18.3. The molecule has 0 spiro atoms. The van der Waals surface area contributed by atoms with Crippen LogP contribution >= 0.6 is 0 Å². The van der Waals surface area contributed by atoms with Crippen LogP contribution in [0, 0.1) is 13.8 Å². The third-order valence-electron chi connectivity index (χ3n) is 3.28. The number of pyridine rings is 1. The molecule has 0 aromatic carbocycles. The van der Waals surface area contributed by atoms with Gasteiger partial charge < -0.3 is 15.2 Å². The molecule has 5 nitrogen and oxygen atoms in total. The molecule has 2 N–H and O–H groups in total. The van der Waals surface area contributed by atoms with E-state index in [1.54, 1.807) is 6.07 Å². The Morgan fingerprint density at radius 2 is 2.06 bits per heavy atom. The average Bonchev–Trinajstić information content (AvgIpc) is 2.34. The van der Waals surface area contributed by atoms with Gasteiger partial charge in [-0.1, -0.05) is 0 Å². The number of hydrogen-bond acceptors (Lipinski definition) is 4. The van der Waals surface area contributed by atoms with Crippen molar-refractivity contribution in [3.8, 4) is 5.75 Å². The molecule has 0 radical (unpaired) electrons. The molecule has 1 aromatic rings. The van der Waals surface area contributed by atoms with Crippen LogP contribution in [-0.4, -0.2) is 34.8 Å². The van der Waals surface area contributed by atoms with E-state index in [1.807, 2.05) is 19.9 Å². The molecule has 0 bridgehead atoms. The number of aliphatic carboxylic acids is 1. The molecular weight excluding hydrogens is 232 g/mol. The fourth-order valence-electron chi connectivity index (χ4n) is 2.18. The lowest BCUT2D eigenvalue weighted by Gasteiger charge is -2.34. The van der Waals surface area contributed by atoms with Gasteiger partial charge >= 0.3 is 5.97 Å². The summed E-state index contributed by atoms with van der Waals surface area (Å²) in [5.74, 6) is -0.339. The molecule has 0 aliphatic carbocycles. The quantitative estimate of drug-likeness (QED) is 0.845. The van der Waals surface area contributed by atoms with Gasteiger partial charge in [0.15, 0.2) is 0 Å². The van der Waals surface area contributed by atoms with Crippen LogP contribution in [0.4, 0.5) is 0 Å².